The van der Waals surface area contributed by atoms with Crippen molar-refractivity contribution in [1.29, 1.82) is 0 Å². The van der Waals surface area contributed by atoms with Gasteiger partial charge in [0.05, 0.1) is 5.69 Å². The molecule has 0 bridgehead atoms. The van der Waals surface area contributed by atoms with Gasteiger partial charge in [-0.1, -0.05) is 101 Å². The lowest BCUT2D eigenvalue weighted by atomic mass is 9.99. The Morgan fingerprint density at radius 1 is 0.536 bits per heavy atom. The molecule has 0 N–H and O–H groups in total. The summed E-state index contributed by atoms with van der Waals surface area (Å²) < 4.78 is 0. The number of unbranched alkanes of at least 4 members (excludes halogenated alkanes) is 4. The molecule has 0 amide bonds. The van der Waals surface area contributed by atoms with Crippen LogP contribution in [0.5, 0.6) is 0 Å². The second kappa shape index (κ2) is 10.8. The first-order valence-corrected chi connectivity index (χ1v) is 10.9. The minimum atomic E-state index is 1.05. The molecule has 0 spiro atoms. The van der Waals surface area contributed by atoms with Crippen molar-refractivity contribution >= 4 is 0 Å². The highest BCUT2D eigenvalue weighted by atomic mass is 14.7. The van der Waals surface area contributed by atoms with Gasteiger partial charge in [0.1, 0.15) is 0 Å². The molecule has 0 aliphatic rings. The van der Waals surface area contributed by atoms with Crippen molar-refractivity contribution in [3.8, 4) is 22.4 Å². The Morgan fingerprint density at radius 2 is 1.14 bits per heavy atom. The smallest absolute Gasteiger partial charge is 0.0702 e. The van der Waals surface area contributed by atoms with Crippen LogP contribution in [-0.4, -0.2) is 4.98 Å². The first-order chi connectivity index (χ1) is 13.8. The largest absolute Gasteiger partial charge is 0.256 e. The number of rotatable bonds is 10. The first kappa shape index (κ1) is 20.3. The van der Waals surface area contributed by atoms with Crippen LogP contribution in [0, 0.1) is 0 Å². The molecule has 28 heavy (non-hydrogen) atoms. The third kappa shape index (κ3) is 5.79. The van der Waals surface area contributed by atoms with Crippen LogP contribution in [0.3, 0.4) is 0 Å². The maximum absolute atomic E-state index is 4.63. The molecule has 1 heterocycles. The fraction of sp³-hybridized carbons (Fsp3) is 0.370. The van der Waals surface area contributed by atoms with E-state index in [2.05, 4.69) is 79.5 Å². The van der Waals surface area contributed by atoms with Crippen molar-refractivity contribution in [1.82, 2.24) is 4.98 Å². The summed E-state index contributed by atoms with van der Waals surface area (Å²) >= 11 is 0. The average molecular weight is 372 g/mol. The van der Waals surface area contributed by atoms with Crippen molar-refractivity contribution in [2.75, 3.05) is 0 Å². The van der Waals surface area contributed by atoms with Crippen LogP contribution in [0.25, 0.3) is 22.4 Å². The van der Waals surface area contributed by atoms with Gasteiger partial charge in [-0.2, -0.15) is 0 Å². The molecule has 0 fully saturated rings. The van der Waals surface area contributed by atoms with Gasteiger partial charge in [0.15, 0.2) is 0 Å². The Morgan fingerprint density at radius 3 is 1.75 bits per heavy atom. The van der Waals surface area contributed by atoms with E-state index < -0.39 is 0 Å². The van der Waals surface area contributed by atoms with Gasteiger partial charge in [-0.3, -0.25) is 4.98 Å². The van der Waals surface area contributed by atoms with E-state index in [4.69, 9.17) is 0 Å². The highest BCUT2D eigenvalue weighted by molar-refractivity contribution is 5.69. The summed E-state index contributed by atoms with van der Waals surface area (Å²) in [4.78, 5) is 4.63. The standard InChI is InChI=1S/C27H33N/c1-3-5-6-7-8-10-22-11-14-24(15-12-22)25-16-18-26(19-17-25)27-20-13-23(9-4-2)21-28-27/h11-21H,3-10H2,1-2H3. The summed E-state index contributed by atoms with van der Waals surface area (Å²) in [5.41, 5.74) is 7.54. The molecule has 0 aliphatic heterocycles. The molecule has 0 unspecified atom stereocenters. The highest BCUT2D eigenvalue weighted by Gasteiger charge is 2.03. The van der Waals surface area contributed by atoms with Gasteiger partial charge in [0, 0.05) is 11.8 Å². The fourth-order valence-electron chi connectivity index (χ4n) is 3.66. The van der Waals surface area contributed by atoms with E-state index in [1.54, 1.807) is 0 Å². The molecule has 0 aliphatic carbocycles. The molecular formula is C27H33N. The number of benzene rings is 2. The van der Waals surface area contributed by atoms with E-state index in [1.807, 2.05) is 6.20 Å². The van der Waals surface area contributed by atoms with E-state index in [1.165, 1.54) is 66.3 Å². The molecule has 1 heteroatoms. The van der Waals surface area contributed by atoms with Gasteiger partial charge >= 0.3 is 0 Å². The third-order valence-electron chi connectivity index (χ3n) is 5.40. The Balaban J connectivity index is 1.60. The summed E-state index contributed by atoms with van der Waals surface area (Å²) in [7, 11) is 0. The predicted octanol–water partition coefficient (Wildman–Crippen LogP) is 7.88. The minimum Gasteiger partial charge on any atom is -0.256 e. The lowest BCUT2D eigenvalue weighted by molar-refractivity contribution is 0.632. The van der Waals surface area contributed by atoms with Gasteiger partial charge < -0.3 is 0 Å². The molecule has 0 atom stereocenters. The second-order valence-electron chi connectivity index (χ2n) is 7.74. The van der Waals surface area contributed by atoms with E-state index in [0.717, 1.165) is 18.5 Å². The molecule has 146 valence electrons. The van der Waals surface area contributed by atoms with Crippen LogP contribution in [-0.2, 0) is 12.8 Å². The quantitative estimate of drug-likeness (QED) is 0.330. The summed E-state index contributed by atoms with van der Waals surface area (Å²) in [6.45, 7) is 4.47. The topological polar surface area (TPSA) is 12.9 Å². The van der Waals surface area contributed by atoms with Gasteiger partial charge in [-0.25, -0.2) is 0 Å². The molecule has 1 aromatic heterocycles. The first-order valence-electron chi connectivity index (χ1n) is 10.9. The zero-order valence-electron chi connectivity index (χ0n) is 17.5. The SMILES string of the molecule is CCCCCCCc1ccc(-c2ccc(-c3ccc(CCC)cn3)cc2)cc1. The predicted molar refractivity (Wildman–Crippen MR) is 122 cm³/mol. The van der Waals surface area contributed by atoms with Gasteiger partial charge in [0.2, 0.25) is 0 Å². The maximum atomic E-state index is 4.63. The summed E-state index contributed by atoms with van der Waals surface area (Å²) in [5, 5.41) is 0. The molecule has 2 aromatic carbocycles. The average Bonchev–Trinajstić information content (AvgIpc) is 2.75. The van der Waals surface area contributed by atoms with Crippen molar-refractivity contribution in [3.63, 3.8) is 0 Å². The monoisotopic (exact) mass is 371 g/mol. The van der Waals surface area contributed by atoms with Crippen LogP contribution < -0.4 is 0 Å². The molecule has 3 rings (SSSR count). The van der Waals surface area contributed by atoms with Crippen LogP contribution >= 0.6 is 0 Å². The molecule has 0 saturated heterocycles. The van der Waals surface area contributed by atoms with Crippen molar-refractivity contribution < 1.29 is 0 Å². The molecular weight excluding hydrogens is 338 g/mol. The maximum Gasteiger partial charge on any atom is 0.0702 e. The number of hydrogen-bond acceptors (Lipinski definition) is 1. The van der Waals surface area contributed by atoms with E-state index in [0.29, 0.717) is 0 Å². The highest BCUT2D eigenvalue weighted by Crippen LogP contribution is 2.25. The van der Waals surface area contributed by atoms with E-state index in [9.17, 15) is 0 Å². The van der Waals surface area contributed by atoms with Crippen molar-refractivity contribution in [2.45, 2.75) is 65.2 Å². The van der Waals surface area contributed by atoms with Gasteiger partial charge in [-0.15, -0.1) is 0 Å². The van der Waals surface area contributed by atoms with Gasteiger partial charge in [-0.05, 0) is 47.6 Å². The molecule has 3 aromatic rings. The fourth-order valence-corrected chi connectivity index (χ4v) is 3.66. The van der Waals surface area contributed by atoms with Crippen LogP contribution in [0.1, 0.15) is 63.5 Å². The summed E-state index contributed by atoms with van der Waals surface area (Å²) in [5.74, 6) is 0. The zero-order valence-corrected chi connectivity index (χ0v) is 17.5. The Labute approximate surface area is 170 Å². The zero-order chi connectivity index (χ0) is 19.6. The Kier molecular flexibility index (Phi) is 7.84. The normalized spacial score (nSPS) is 10.9. The van der Waals surface area contributed by atoms with E-state index in [-0.39, 0.29) is 0 Å². The summed E-state index contributed by atoms with van der Waals surface area (Å²) in [6, 6.07) is 22.2. The Hall–Kier alpha value is -2.41. The number of hydrogen-bond donors (Lipinski definition) is 0. The third-order valence-corrected chi connectivity index (χ3v) is 5.40. The number of nitrogens with zero attached hydrogens (tertiary/aromatic N) is 1. The summed E-state index contributed by atoms with van der Waals surface area (Å²) in [6.07, 6.45) is 12.2. The second-order valence-corrected chi connectivity index (χ2v) is 7.74. The van der Waals surface area contributed by atoms with Gasteiger partial charge in [0.25, 0.3) is 0 Å². The number of aryl methyl sites for hydroxylation is 2. The van der Waals surface area contributed by atoms with E-state index >= 15 is 0 Å². The van der Waals surface area contributed by atoms with Crippen LogP contribution in [0.2, 0.25) is 0 Å². The molecule has 1 nitrogen and oxygen atoms in total. The molecule has 0 saturated carbocycles. The minimum absolute atomic E-state index is 1.05. The lowest BCUT2D eigenvalue weighted by Crippen LogP contribution is -1.89. The number of pyridine rings is 1. The van der Waals surface area contributed by atoms with Crippen LogP contribution in [0.15, 0.2) is 66.9 Å². The Bertz CT molecular complexity index is 814. The van der Waals surface area contributed by atoms with Crippen molar-refractivity contribution in [2.24, 2.45) is 0 Å². The lowest BCUT2D eigenvalue weighted by Gasteiger charge is -2.07. The number of aromatic nitrogens is 1. The molecule has 0 radical (unpaired) electrons. The van der Waals surface area contributed by atoms with Crippen LogP contribution in [0.4, 0.5) is 0 Å². The van der Waals surface area contributed by atoms with Crippen molar-refractivity contribution in [3.05, 3.63) is 78.0 Å².